The van der Waals surface area contributed by atoms with Crippen LogP contribution >= 0.6 is 0 Å². The summed E-state index contributed by atoms with van der Waals surface area (Å²) >= 11 is 0. The van der Waals surface area contributed by atoms with Gasteiger partial charge in [-0.1, -0.05) is 54.1 Å². The lowest BCUT2D eigenvalue weighted by molar-refractivity contribution is 0.305. The Kier molecular flexibility index (Phi) is 5.22. The summed E-state index contributed by atoms with van der Waals surface area (Å²) in [5, 5.41) is 0.939. The van der Waals surface area contributed by atoms with Crippen LogP contribution in [0, 0.1) is 20.8 Å². The predicted molar refractivity (Wildman–Crippen MR) is 117 cm³/mol. The highest BCUT2D eigenvalue weighted by Crippen LogP contribution is 2.26. The molecule has 146 valence electrons. The smallest absolute Gasteiger partial charge is 0.340 e. The maximum atomic E-state index is 12.6. The van der Waals surface area contributed by atoms with Gasteiger partial charge in [0.2, 0.25) is 0 Å². The van der Waals surface area contributed by atoms with Gasteiger partial charge in [-0.25, -0.2) is 4.79 Å². The van der Waals surface area contributed by atoms with Gasteiger partial charge in [-0.05, 0) is 55.2 Å². The second-order valence-corrected chi connectivity index (χ2v) is 7.53. The summed E-state index contributed by atoms with van der Waals surface area (Å²) in [7, 11) is 0. The summed E-state index contributed by atoms with van der Waals surface area (Å²) in [6.07, 6.45) is 0.565. The van der Waals surface area contributed by atoms with Gasteiger partial charge in [0, 0.05) is 23.4 Å². The van der Waals surface area contributed by atoms with Crippen LogP contribution in [-0.2, 0) is 13.0 Å². The fraction of sp³-hybridized carbons (Fsp3) is 0.192. The summed E-state index contributed by atoms with van der Waals surface area (Å²) in [6.45, 7) is 6.61. The Morgan fingerprint density at radius 1 is 0.897 bits per heavy atom. The van der Waals surface area contributed by atoms with Gasteiger partial charge in [-0.3, -0.25) is 0 Å². The molecule has 0 fully saturated rings. The standard InChI is InChI=1S/C26H24O3/c1-17-9-10-18(2)21(13-17)16-28-22-11-12-23-19(3)24(26(27)29-25(23)15-22)14-20-7-5-4-6-8-20/h4-13,15H,14,16H2,1-3H3. The van der Waals surface area contributed by atoms with Gasteiger partial charge in [-0.2, -0.15) is 0 Å². The molecule has 0 saturated carbocycles. The van der Waals surface area contributed by atoms with Gasteiger partial charge in [0.15, 0.2) is 0 Å². The third kappa shape index (κ3) is 4.09. The van der Waals surface area contributed by atoms with E-state index in [0.717, 1.165) is 22.1 Å². The van der Waals surface area contributed by atoms with Gasteiger partial charge in [0.05, 0.1) is 0 Å². The van der Waals surface area contributed by atoms with E-state index in [-0.39, 0.29) is 5.63 Å². The van der Waals surface area contributed by atoms with Crippen LogP contribution in [0.15, 0.2) is 75.9 Å². The molecule has 0 saturated heterocycles. The molecule has 0 aliphatic carbocycles. The number of ether oxygens (including phenoxy) is 1. The topological polar surface area (TPSA) is 39.4 Å². The molecule has 3 nitrogen and oxygen atoms in total. The summed E-state index contributed by atoms with van der Waals surface area (Å²) < 4.78 is 11.6. The Morgan fingerprint density at radius 3 is 2.48 bits per heavy atom. The van der Waals surface area contributed by atoms with Gasteiger partial charge in [-0.15, -0.1) is 0 Å². The highest BCUT2D eigenvalue weighted by atomic mass is 16.5. The van der Waals surface area contributed by atoms with Crippen LogP contribution in [0.4, 0.5) is 0 Å². The first kappa shape index (κ1) is 19.0. The van der Waals surface area contributed by atoms with E-state index in [1.165, 1.54) is 11.1 Å². The first-order valence-corrected chi connectivity index (χ1v) is 9.80. The quantitative estimate of drug-likeness (QED) is 0.403. The first-order valence-electron chi connectivity index (χ1n) is 9.80. The molecule has 4 aromatic rings. The second-order valence-electron chi connectivity index (χ2n) is 7.53. The van der Waals surface area contributed by atoms with Gasteiger partial charge in [0.1, 0.15) is 17.9 Å². The highest BCUT2D eigenvalue weighted by Gasteiger charge is 2.13. The monoisotopic (exact) mass is 384 g/mol. The minimum absolute atomic E-state index is 0.287. The third-order valence-electron chi connectivity index (χ3n) is 5.38. The fourth-order valence-electron chi connectivity index (χ4n) is 3.59. The van der Waals surface area contributed by atoms with Crippen molar-refractivity contribution < 1.29 is 9.15 Å². The number of hydrogen-bond acceptors (Lipinski definition) is 3. The number of fused-ring (bicyclic) bond motifs is 1. The average Bonchev–Trinajstić information content (AvgIpc) is 2.72. The third-order valence-corrected chi connectivity index (χ3v) is 5.38. The largest absolute Gasteiger partial charge is 0.489 e. The van der Waals surface area contributed by atoms with Gasteiger partial charge < -0.3 is 9.15 Å². The Morgan fingerprint density at radius 2 is 1.69 bits per heavy atom. The van der Waals surface area contributed by atoms with E-state index in [9.17, 15) is 4.79 Å². The lowest BCUT2D eigenvalue weighted by Gasteiger charge is -2.12. The van der Waals surface area contributed by atoms with Crippen LogP contribution < -0.4 is 10.4 Å². The molecule has 4 rings (SSSR count). The Hall–Kier alpha value is -3.33. The molecule has 3 aromatic carbocycles. The van der Waals surface area contributed by atoms with E-state index < -0.39 is 0 Å². The van der Waals surface area contributed by atoms with Crippen molar-refractivity contribution >= 4 is 11.0 Å². The lowest BCUT2D eigenvalue weighted by Crippen LogP contribution is -2.11. The summed E-state index contributed by atoms with van der Waals surface area (Å²) in [6, 6.07) is 22.0. The lowest BCUT2D eigenvalue weighted by atomic mass is 10.00. The molecule has 0 N–H and O–H groups in total. The minimum atomic E-state index is -0.287. The molecule has 0 aliphatic heterocycles. The maximum absolute atomic E-state index is 12.6. The number of hydrogen-bond donors (Lipinski definition) is 0. The van der Waals surface area contributed by atoms with Crippen molar-refractivity contribution in [1.29, 1.82) is 0 Å². The van der Waals surface area contributed by atoms with E-state index in [1.54, 1.807) is 6.07 Å². The zero-order valence-electron chi connectivity index (χ0n) is 17.0. The van der Waals surface area contributed by atoms with E-state index in [1.807, 2.05) is 49.4 Å². The van der Waals surface area contributed by atoms with E-state index in [2.05, 4.69) is 32.0 Å². The van der Waals surface area contributed by atoms with Crippen LogP contribution in [0.3, 0.4) is 0 Å². The summed E-state index contributed by atoms with van der Waals surface area (Å²) in [4.78, 5) is 12.6. The maximum Gasteiger partial charge on any atom is 0.340 e. The molecule has 0 amide bonds. The Balaban J connectivity index is 1.62. The van der Waals surface area contributed by atoms with Crippen molar-refractivity contribution in [2.45, 2.75) is 33.8 Å². The fourth-order valence-corrected chi connectivity index (χ4v) is 3.59. The van der Waals surface area contributed by atoms with E-state index in [4.69, 9.17) is 9.15 Å². The van der Waals surface area contributed by atoms with Crippen LogP contribution in [0.2, 0.25) is 0 Å². The molecule has 0 aliphatic rings. The highest BCUT2D eigenvalue weighted by molar-refractivity contribution is 5.82. The molecule has 1 aromatic heterocycles. The molecular weight excluding hydrogens is 360 g/mol. The average molecular weight is 384 g/mol. The Labute approximate surface area is 170 Å². The first-order chi connectivity index (χ1) is 14.0. The number of rotatable bonds is 5. The molecule has 0 radical (unpaired) electrons. The van der Waals surface area contributed by atoms with Crippen molar-refractivity contribution in [3.8, 4) is 5.75 Å². The predicted octanol–water partition coefficient (Wildman–Crippen LogP) is 5.89. The Bertz CT molecular complexity index is 1220. The summed E-state index contributed by atoms with van der Waals surface area (Å²) in [5.74, 6) is 0.691. The molecule has 0 bridgehead atoms. The summed E-state index contributed by atoms with van der Waals surface area (Å²) in [5.41, 5.74) is 6.59. The van der Waals surface area contributed by atoms with Crippen molar-refractivity contribution in [2.75, 3.05) is 0 Å². The minimum Gasteiger partial charge on any atom is -0.489 e. The number of aryl methyl sites for hydroxylation is 3. The van der Waals surface area contributed by atoms with E-state index >= 15 is 0 Å². The molecule has 0 atom stereocenters. The molecule has 1 heterocycles. The molecular formula is C26H24O3. The zero-order chi connectivity index (χ0) is 20.4. The van der Waals surface area contributed by atoms with Crippen LogP contribution in [-0.4, -0.2) is 0 Å². The van der Waals surface area contributed by atoms with Crippen LogP contribution in [0.1, 0.15) is 33.4 Å². The van der Waals surface area contributed by atoms with Crippen molar-refractivity contribution in [3.63, 3.8) is 0 Å². The van der Waals surface area contributed by atoms with Crippen molar-refractivity contribution in [2.24, 2.45) is 0 Å². The molecule has 29 heavy (non-hydrogen) atoms. The van der Waals surface area contributed by atoms with E-state index in [0.29, 0.717) is 29.9 Å². The molecule has 0 spiro atoms. The SMILES string of the molecule is Cc1ccc(C)c(COc2ccc3c(C)c(Cc4ccccc4)c(=O)oc3c2)c1. The number of benzene rings is 3. The second kappa shape index (κ2) is 7.96. The van der Waals surface area contributed by atoms with Crippen LogP contribution in [0.5, 0.6) is 5.75 Å². The molecule has 0 unspecified atom stereocenters. The molecule has 3 heteroatoms. The van der Waals surface area contributed by atoms with Crippen molar-refractivity contribution in [1.82, 2.24) is 0 Å². The van der Waals surface area contributed by atoms with Gasteiger partial charge in [0.25, 0.3) is 0 Å². The van der Waals surface area contributed by atoms with Crippen LogP contribution in [0.25, 0.3) is 11.0 Å². The van der Waals surface area contributed by atoms with Crippen molar-refractivity contribution in [3.05, 3.63) is 111 Å². The van der Waals surface area contributed by atoms with Gasteiger partial charge >= 0.3 is 5.63 Å². The zero-order valence-corrected chi connectivity index (χ0v) is 17.0. The normalized spacial score (nSPS) is 11.0.